The first kappa shape index (κ1) is 59.3. The van der Waals surface area contributed by atoms with Gasteiger partial charge in [0.25, 0.3) is 0 Å². The SMILES string of the molecule is CCCCCC1OC1C/C=C\C/C=C\C/C=C\CCCC(=O)OC[C@H](COP(=O)(O)OC[C@@H](O)COP(=O)(O)O)OC(=O)CCCCCCCCCCCCCCCCC(C)CC. The number of esters is 2. The van der Waals surface area contributed by atoms with Crippen LogP contribution in [0.5, 0.6) is 0 Å². The number of phosphoric acid groups is 2. The summed E-state index contributed by atoms with van der Waals surface area (Å²) in [5, 5.41) is 9.77. The van der Waals surface area contributed by atoms with Gasteiger partial charge in [0.1, 0.15) is 12.7 Å². The standard InChI is InChI=1S/C47H86O14P2/c1-4-6-27-33-44-45(61-44)34-29-24-20-16-13-14-17-21-25-30-35-46(49)56-39-43(40-59-63(54,55)58-38-42(48)37-57-62(51,52)53)60-47(50)36-31-26-22-18-12-10-8-7-9-11-15-19-23-28-32-41(3)5-2/h13,16-17,21,24,29,41-45,48H,4-12,14-15,18-20,22-23,25-28,30-40H2,1-3H3,(H,54,55)(H2,51,52,53)/b16-13-,21-17-,29-24-/t41?,42-,43+,44?,45?/m0/s1. The van der Waals surface area contributed by atoms with Crippen LogP contribution in [0.2, 0.25) is 0 Å². The van der Waals surface area contributed by atoms with Crippen LogP contribution >= 0.6 is 15.6 Å². The van der Waals surface area contributed by atoms with Gasteiger partial charge in [-0.1, -0.05) is 173 Å². The first-order valence-corrected chi connectivity index (χ1v) is 27.2. The van der Waals surface area contributed by atoms with Gasteiger partial charge in [0, 0.05) is 12.8 Å². The van der Waals surface area contributed by atoms with Crippen LogP contribution < -0.4 is 0 Å². The molecule has 63 heavy (non-hydrogen) atoms. The quantitative estimate of drug-likeness (QED) is 0.0147. The highest BCUT2D eigenvalue weighted by atomic mass is 31.2. The number of aliphatic hydroxyl groups excluding tert-OH is 1. The third-order valence-electron chi connectivity index (χ3n) is 11.0. The van der Waals surface area contributed by atoms with Crippen molar-refractivity contribution in [3.63, 3.8) is 0 Å². The lowest BCUT2D eigenvalue weighted by molar-refractivity contribution is -0.161. The minimum atomic E-state index is -4.87. The fourth-order valence-electron chi connectivity index (χ4n) is 6.82. The zero-order valence-corrected chi connectivity index (χ0v) is 40.8. The van der Waals surface area contributed by atoms with Crippen LogP contribution in [0.25, 0.3) is 0 Å². The summed E-state index contributed by atoms with van der Waals surface area (Å²) in [6, 6.07) is 0. The zero-order chi connectivity index (χ0) is 46.4. The Kier molecular flexibility index (Phi) is 36.2. The fraction of sp³-hybridized carbons (Fsp3) is 0.830. The average Bonchev–Trinajstić information content (AvgIpc) is 4.00. The molecule has 1 rings (SSSR count). The zero-order valence-electron chi connectivity index (χ0n) is 39.0. The molecule has 6 atom stereocenters. The number of allylic oxidation sites excluding steroid dienone is 5. The number of carbonyl (C=O) groups is 2. The number of hydrogen-bond donors (Lipinski definition) is 4. The molecule has 1 fully saturated rings. The number of rotatable bonds is 44. The molecule has 4 unspecified atom stereocenters. The van der Waals surface area contributed by atoms with Crippen molar-refractivity contribution in [1.82, 2.24) is 0 Å². The lowest BCUT2D eigenvalue weighted by atomic mass is 9.99. The van der Waals surface area contributed by atoms with Crippen LogP contribution in [-0.2, 0) is 46.5 Å². The normalized spacial score (nSPS) is 18.0. The smallest absolute Gasteiger partial charge is 0.462 e. The third-order valence-corrected chi connectivity index (χ3v) is 12.4. The van der Waals surface area contributed by atoms with Crippen molar-refractivity contribution in [3.8, 4) is 0 Å². The van der Waals surface area contributed by atoms with Crippen molar-refractivity contribution in [1.29, 1.82) is 0 Å². The van der Waals surface area contributed by atoms with Crippen molar-refractivity contribution in [3.05, 3.63) is 36.5 Å². The Morgan fingerprint density at radius 3 is 1.76 bits per heavy atom. The number of phosphoric ester groups is 2. The van der Waals surface area contributed by atoms with Crippen LogP contribution in [0.1, 0.15) is 194 Å². The average molecular weight is 937 g/mol. The van der Waals surface area contributed by atoms with Crippen LogP contribution in [0, 0.1) is 5.92 Å². The number of hydrogen-bond acceptors (Lipinski definition) is 11. The molecule has 1 saturated heterocycles. The Hall–Kier alpha value is -1.70. The minimum absolute atomic E-state index is 0.117. The van der Waals surface area contributed by atoms with Crippen molar-refractivity contribution < 1.29 is 66.3 Å². The summed E-state index contributed by atoms with van der Waals surface area (Å²) in [7, 11) is -9.69. The fourth-order valence-corrected chi connectivity index (χ4v) is 7.98. The van der Waals surface area contributed by atoms with Gasteiger partial charge in [0.2, 0.25) is 0 Å². The monoisotopic (exact) mass is 937 g/mol. The first-order chi connectivity index (χ1) is 30.2. The summed E-state index contributed by atoms with van der Waals surface area (Å²) in [6.45, 7) is 4.05. The summed E-state index contributed by atoms with van der Waals surface area (Å²) < 4.78 is 53.6. The molecule has 14 nitrogen and oxygen atoms in total. The van der Waals surface area contributed by atoms with Crippen LogP contribution in [0.3, 0.4) is 0 Å². The van der Waals surface area contributed by atoms with Gasteiger partial charge in [0.05, 0.1) is 32.0 Å². The number of aliphatic hydroxyl groups is 1. The second kappa shape index (κ2) is 38.4. The molecular weight excluding hydrogens is 850 g/mol. The second-order valence-corrected chi connectivity index (χ2v) is 19.7. The summed E-state index contributed by atoms with van der Waals surface area (Å²) >= 11 is 0. The van der Waals surface area contributed by atoms with Crippen molar-refractivity contribution in [2.24, 2.45) is 5.92 Å². The summed E-state index contributed by atoms with van der Waals surface area (Å²) in [6.07, 6.45) is 38.8. The van der Waals surface area contributed by atoms with E-state index in [2.05, 4.69) is 49.6 Å². The highest BCUT2D eigenvalue weighted by Gasteiger charge is 2.36. The first-order valence-electron chi connectivity index (χ1n) is 24.2. The largest absolute Gasteiger partial charge is 0.472 e. The lowest BCUT2D eigenvalue weighted by Gasteiger charge is -2.20. The molecule has 0 aromatic heterocycles. The van der Waals surface area contributed by atoms with E-state index in [1.165, 1.54) is 103 Å². The highest BCUT2D eigenvalue weighted by molar-refractivity contribution is 7.47. The Bertz CT molecular complexity index is 1330. The second-order valence-electron chi connectivity index (χ2n) is 17.0. The van der Waals surface area contributed by atoms with Crippen LogP contribution in [-0.4, -0.2) is 82.6 Å². The molecule has 368 valence electrons. The van der Waals surface area contributed by atoms with Gasteiger partial charge < -0.3 is 34.0 Å². The van der Waals surface area contributed by atoms with E-state index in [1.807, 2.05) is 12.2 Å². The van der Waals surface area contributed by atoms with E-state index in [-0.39, 0.29) is 12.8 Å². The van der Waals surface area contributed by atoms with Crippen molar-refractivity contribution in [2.75, 3.05) is 26.4 Å². The van der Waals surface area contributed by atoms with Gasteiger partial charge in [-0.3, -0.25) is 23.2 Å². The molecule has 1 heterocycles. The number of epoxide rings is 1. The van der Waals surface area contributed by atoms with Gasteiger partial charge in [-0.15, -0.1) is 0 Å². The van der Waals surface area contributed by atoms with Crippen molar-refractivity contribution in [2.45, 2.75) is 219 Å². The number of carbonyl (C=O) groups excluding carboxylic acids is 2. The Balaban J connectivity index is 2.34. The Morgan fingerprint density at radius 1 is 0.619 bits per heavy atom. The van der Waals surface area contributed by atoms with Gasteiger partial charge in [-0.25, -0.2) is 9.13 Å². The van der Waals surface area contributed by atoms with Gasteiger partial charge in [0.15, 0.2) is 6.10 Å². The molecular formula is C47H86O14P2. The molecule has 0 aromatic rings. The van der Waals surface area contributed by atoms with E-state index in [0.717, 1.165) is 44.4 Å². The third kappa shape index (κ3) is 39.2. The van der Waals surface area contributed by atoms with Crippen LogP contribution in [0.15, 0.2) is 36.5 Å². The number of ether oxygens (including phenoxy) is 3. The molecule has 4 N–H and O–H groups in total. The van der Waals surface area contributed by atoms with E-state index in [1.54, 1.807) is 0 Å². The van der Waals surface area contributed by atoms with E-state index < -0.39 is 66.2 Å². The van der Waals surface area contributed by atoms with Gasteiger partial charge in [-0.2, -0.15) is 0 Å². The van der Waals surface area contributed by atoms with E-state index >= 15 is 0 Å². The van der Waals surface area contributed by atoms with E-state index in [4.69, 9.17) is 33.0 Å². The molecule has 16 heteroatoms. The Labute approximate surface area is 380 Å². The van der Waals surface area contributed by atoms with Crippen LogP contribution in [0.4, 0.5) is 0 Å². The molecule has 0 saturated carbocycles. The molecule has 0 spiro atoms. The summed E-state index contributed by atoms with van der Waals surface area (Å²) in [5.41, 5.74) is 0. The van der Waals surface area contributed by atoms with E-state index in [0.29, 0.717) is 31.5 Å². The van der Waals surface area contributed by atoms with Gasteiger partial charge >= 0.3 is 27.6 Å². The van der Waals surface area contributed by atoms with E-state index in [9.17, 15) is 28.7 Å². The summed E-state index contributed by atoms with van der Waals surface area (Å²) in [5.74, 6) is -0.239. The minimum Gasteiger partial charge on any atom is -0.462 e. The lowest BCUT2D eigenvalue weighted by Crippen LogP contribution is -2.30. The topological polar surface area (TPSA) is 208 Å². The molecule has 0 radical (unpaired) electrons. The molecule has 0 bridgehead atoms. The highest BCUT2D eigenvalue weighted by Crippen LogP contribution is 2.44. The molecule has 1 aliphatic heterocycles. The molecule has 0 amide bonds. The Morgan fingerprint density at radius 2 is 1.16 bits per heavy atom. The van der Waals surface area contributed by atoms with Crippen molar-refractivity contribution >= 4 is 27.6 Å². The molecule has 1 aliphatic rings. The maximum absolute atomic E-state index is 12.7. The van der Waals surface area contributed by atoms with Gasteiger partial charge in [-0.05, 0) is 50.9 Å². The molecule has 0 aliphatic carbocycles. The predicted molar refractivity (Wildman–Crippen MR) is 248 cm³/mol. The maximum atomic E-state index is 12.7. The maximum Gasteiger partial charge on any atom is 0.472 e. The number of unbranched alkanes of at least 4 members (excludes halogenated alkanes) is 16. The molecule has 0 aromatic carbocycles. The summed E-state index contributed by atoms with van der Waals surface area (Å²) in [4.78, 5) is 52.8. The predicted octanol–water partition coefficient (Wildman–Crippen LogP) is 11.7.